The van der Waals surface area contributed by atoms with Crippen molar-refractivity contribution in [3.63, 3.8) is 0 Å². The highest BCUT2D eigenvalue weighted by Crippen LogP contribution is 2.25. The second-order valence-corrected chi connectivity index (χ2v) is 5.38. The van der Waals surface area contributed by atoms with Crippen LogP contribution >= 0.6 is 11.6 Å². The van der Waals surface area contributed by atoms with Gasteiger partial charge in [0.2, 0.25) is 0 Å². The number of nitrogens with zero attached hydrogens (tertiary/aromatic N) is 2. The van der Waals surface area contributed by atoms with Gasteiger partial charge in [0.15, 0.2) is 0 Å². The lowest BCUT2D eigenvalue weighted by molar-refractivity contribution is 0.422. The molecule has 0 fully saturated rings. The van der Waals surface area contributed by atoms with E-state index < -0.39 is 0 Å². The number of halogens is 1. The molecule has 0 radical (unpaired) electrons. The molecule has 0 aliphatic rings. The molecule has 2 atom stereocenters. The first-order chi connectivity index (χ1) is 9.02. The van der Waals surface area contributed by atoms with Crippen LogP contribution in [0, 0.1) is 13.8 Å². The van der Waals surface area contributed by atoms with Crippen molar-refractivity contribution in [3.05, 3.63) is 52.3 Å². The second kappa shape index (κ2) is 5.76. The van der Waals surface area contributed by atoms with E-state index in [-0.39, 0.29) is 12.1 Å². The van der Waals surface area contributed by atoms with Crippen molar-refractivity contribution < 1.29 is 0 Å². The number of hydrogen-bond donors (Lipinski definition) is 1. The highest BCUT2D eigenvalue weighted by molar-refractivity contribution is 6.31. The Bertz CT molecular complexity index is 543. The van der Waals surface area contributed by atoms with Crippen molar-refractivity contribution >= 4 is 11.6 Å². The summed E-state index contributed by atoms with van der Waals surface area (Å²) >= 11 is 6.12. The van der Waals surface area contributed by atoms with Gasteiger partial charge in [-0.3, -0.25) is 4.68 Å². The zero-order valence-electron chi connectivity index (χ0n) is 11.6. The van der Waals surface area contributed by atoms with Crippen LogP contribution in [-0.4, -0.2) is 15.8 Å². The van der Waals surface area contributed by atoms with E-state index in [0.717, 1.165) is 12.1 Å². The van der Waals surface area contributed by atoms with E-state index in [1.54, 1.807) is 0 Å². The maximum Gasteiger partial charge on any atom is 0.0919 e. The maximum absolute atomic E-state index is 6.29. The Morgan fingerprint density at radius 3 is 2.63 bits per heavy atom. The molecule has 1 aromatic heterocycles. The Morgan fingerprint density at radius 1 is 1.37 bits per heavy atom. The Labute approximate surface area is 119 Å². The summed E-state index contributed by atoms with van der Waals surface area (Å²) in [5.74, 6) is 0. The van der Waals surface area contributed by atoms with Crippen LogP contribution in [0.15, 0.2) is 30.5 Å². The number of benzene rings is 1. The molecular formula is C15H20ClN3. The van der Waals surface area contributed by atoms with Gasteiger partial charge in [-0.15, -0.1) is 0 Å². The Morgan fingerprint density at radius 2 is 2.11 bits per heavy atom. The molecule has 2 aromatic rings. The fourth-order valence-electron chi connectivity index (χ4n) is 2.28. The number of aromatic nitrogens is 2. The lowest BCUT2D eigenvalue weighted by atomic mass is 9.97. The fraction of sp³-hybridized carbons (Fsp3) is 0.400. The van der Waals surface area contributed by atoms with Gasteiger partial charge in [0.05, 0.1) is 16.8 Å². The molecule has 0 amide bonds. The number of aryl methyl sites for hydroxylation is 2. The second-order valence-electron chi connectivity index (χ2n) is 4.97. The van der Waals surface area contributed by atoms with Crippen LogP contribution in [0.4, 0.5) is 0 Å². The summed E-state index contributed by atoms with van der Waals surface area (Å²) < 4.78 is 1.89. The molecule has 0 aliphatic heterocycles. The monoisotopic (exact) mass is 277 g/mol. The largest absolute Gasteiger partial charge is 0.326 e. The lowest BCUT2D eigenvalue weighted by Gasteiger charge is -2.24. The summed E-state index contributed by atoms with van der Waals surface area (Å²) in [6, 6.07) is 8.42. The molecule has 19 heavy (non-hydrogen) atoms. The Kier molecular flexibility index (Phi) is 4.27. The highest BCUT2D eigenvalue weighted by atomic mass is 35.5. The van der Waals surface area contributed by atoms with Crippen molar-refractivity contribution in [2.24, 2.45) is 5.73 Å². The summed E-state index contributed by atoms with van der Waals surface area (Å²) in [7, 11) is 0. The molecule has 102 valence electrons. The minimum absolute atomic E-state index is 0.0113. The summed E-state index contributed by atoms with van der Waals surface area (Å²) in [5, 5.41) is 5.17. The van der Waals surface area contributed by atoms with Crippen molar-refractivity contribution in [2.75, 3.05) is 0 Å². The van der Waals surface area contributed by atoms with E-state index in [0.29, 0.717) is 5.02 Å². The van der Waals surface area contributed by atoms with E-state index >= 15 is 0 Å². The van der Waals surface area contributed by atoms with E-state index in [9.17, 15) is 0 Å². The zero-order valence-corrected chi connectivity index (χ0v) is 12.4. The van der Waals surface area contributed by atoms with Crippen LogP contribution in [0.5, 0.6) is 0 Å². The predicted octanol–water partition coefficient (Wildman–Crippen LogP) is 3.48. The summed E-state index contributed by atoms with van der Waals surface area (Å²) in [4.78, 5) is 0. The average molecular weight is 278 g/mol. The molecule has 1 aromatic carbocycles. The molecule has 0 saturated carbocycles. The van der Waals surface area contributed by atoms with Gasteiger partial charge in [0, 0.05) is 12.2 Å². The highest BCUT2D eigenvalue weighted by Gasteiger charge is 2.22. The molecule has 0 bridgehead atoms. The first kappa shape index (κ1) is 14.1. The smallest absolute Gasteiger partial charge is 0.0919 e. The molecule has 0 aliphatic carbocycles. The Balaban J connectivity index is 2.47. The van der Waals surface area contributed by atoms with E-state index in [2.05, 4.69) is 43.2 Å². The fourth-order valence-corrected chi connectivity index (χ4v) is 2.41. The maximum atomic E-state index is 6.29. The van der Waals surface area contributed by atoms with Crippen molar-refractivity contribution in [2.45, 2.75) is 39.3 Å². The normalized spacial score (nSPS) is 14.4. The van der Waals surface area contributed by atoms with Crippen LogP contribution in [0.3, 0.4) is 0 Å². The quantitative estimate of drug-likeness (QED) is 0.930. The minimum Gasteiger partial charge on any atom is -0.326 e. The SMILES string of the molecule is CCC(N)C(c1cccc(C)c1)n1cc(Cl)c(C)n1. The standard InChI is InChI=1S/C15H20ClN3/c1-4-14(17)15(12-7-5-6-10(2)8-12)19-9-13(16)11(3)18-19/h5-9,14-15H,4,17H2,1-3H3. The topological polar surface area (TPSA) is 43.8 Å². The third-order valence-corrected chi connectivity index (χ3v) is 3.77. The number of nitrogens with two attached hydrogens (primary N) is 1. The molecule has 3 nitrogen and oxygen atoms in total. The van der Waals surface area contributed by atoms with Crippen LogP contribution in [-0.2, 0) is 0 Å². The van der Waals surface area contributed by atoms with E-state index in [1.165, 1.54) is 11.1 Å². The van der Waals surface area contributed by atoms with Crippen molar-refractivity contribution in [1.29, 1.82) is 0 Å². The molecule has 0 saturated heterocycles. The van der Waals surface area contributed by atoms with Gasteiger partial charge < -0.3 is 5.73 Å². The van der Waals surface area contributed by atoms with Crippen LogP contribution in [0.2, 0.25) is 5.02 Å². The number of rotatable bonds is 4. The van der Waals surface area contributed by atoms with Gasteiger partial charge in [-0.05, 0) is 25.8 Å². The van der Waals surface area contributed by atoms with Crippen LogP contribution in [0.25, 0.3) is 0 Å². The molecule has 2 rings (SSSR count). The van der Waals surface area contributed by atoms with Crippen molar-refractivity contribution in [1.82, 2.24) is 9.78 Å². The minimum atomic E-state index is 0.0113. The summed E-state index contributed by atoms with van der Waals surface area (Å²) in [6.07, 6.45) is 2.74. The first-order valence-electron chi connectivity index (χ1n) is 6.56. The Hall–Kier alpha value is -1.32. The number of hydrogen-bond acceptors (Lipinski definition) is 2. The first-order valence-corrected chi connectivity index (χ1v) is 6.94. The van der Waals surface area contributed by atoms with Gasteiger partial charge in [-0.2, -0.15) is 5.10 Å². The van der Waals surface area contributed by atoms with Crippen LogP contribution < -0.4 is 5.73 Å². The lowest BCUT2D eigenvalue weighted by Crippen LogP contribution is -2.33. The van der Waals surface area contributed by atoms with Crippen LogP contribution in [0.1, 0.15) is 36.2 Å². The zero-order chi connectivity index (χ0) is 14.0. The molecule has 4 heteroatoms. The third kappa shape index (κ3) is 2.99. The van der Waals surface area contributed by atoms with E-state index in [1.807, 2.05) is 17.8 Å². The van der Waals surface area contributed by atoms with E-state index in [4.69, 9.17) is 17.3 Å². The van der Waals surface area contributed by atoms with Gasteiger partial charge in [0.25, 0.3) is 0 Å². The summed E-state index contributed by atoms with van der Waals surface area (Å²) in [6.45, 7) is 6.08. The van der Waals surface area contributed by atoms with Gasteiger partial charge in [0.1, 0.15) is 0 Å². The molecular weight excluding hydrogens is 258 g/mol. The molecule has 0 spiro atoms. The predicted molar refractivity (Wildman–Crippen MR) is 79.6 cm³/mol. The molecule has 1 heterocycles. The van der Waals surface area contributed by atoms with Crippen molar-refractivity contribution in [3.8, 4) is 0 Å². The molecule has 2 N–H and O–H groups in total. The third-order valence-electron chi connectivity index (χ3n) is 3.40. The summed E-state index contributed by atoms with van der Waals surface area (Å²) in [5.41, 5.74) is 9.52. The van der Waals surface area contributed by atoms with Gasteiger partial charge >= 0.3 is 0 Å². The van der Waals surface area contributed by atoms with Gasteiger partial charge in [-0.25, -0.2) is 0 Å². The molecule has 2 unspecified atom stereocenters. The average Bonchev–Trinajstić information content (AvgIpc) is 2.69. The van der Waals surface area contributed by atoms with Gasteiger partial charge in [-0.1, -0.05) is 48.4 Å².